The number of hydrogen-bond acceptors (Lipinski definition) is 4. The van der Waals surface area contributed by atoms with Crippen molar-refractivity contribution in [3.63, 3.8) is 0 Å². The van der Waals surface area contributed by atoms with Crippen molar-refractivity contribution < 1.29 is 14.3 Å². The van der Waals surface area contributed by atoms with E-state index in [0.717, 1.165) is 16.0 Å². The molecule has 0 radical (unpaired) electrons. The first kappa shape index (κ1) is 23.0. The number of nitrogens with zero attached hydrogens (tertiary/aromatic N) is 1. The maximum atomic E-state index is 13.3. The molecule has 0 bridgehead atoms. The summed E-state index contributed by atoms with van der Waals surface area (Å²) in [6.45, 7) is 2.36. The monoisotopic (exact) mass is 496 g/mol. The summed E-state index contributed by atoms with van der Waals surface area (Å²) >= 11 is 17.6. The van der Waals surface area contributed by atoms with E-state index in [1.165, 1.54) is 6.08 Å². The van der Waals surface area contributed by atoms with Gasteiger partial charge in [0.05, 0.1) is 15.7 Å². The molecule has 0 spiro atoms. The predicted molar refractivity (Wildman–Crippen MR) is 135 cm³/mol. The lowest BCUT2D eigenvalue weighted by Gasteiger charge is -2.29. The topological polar surface area (TPSA) is 58.6 Å². The molecule has 1 saturated heterocycles. The number of amides is 2. The van der Waals surface area contributed by atoms with E-state index in [2.05, 4.69) is 5.32 Å². The third kappa shape index (κ3) is 4.93. The fourth-order valence-electron chi connectivity index (χ4n) is 3.39. The Labute approximate surface area is 206 Å². The van der Waals surface area contributed by atoms with Gasteiger partial charge in [-0.05, 0) is 49.0 Å². The molecule has 2 amide bonds. The highest BCUT2D eigenvalue weighted by atomic mass is 35.5. The number of carbonyl (C=O) groups is 2. The molecule has 0 unspecified atom stereocenters. The number of aryl methyl sites for hydroxylation is 1. The van der Waals surface area contributed by atoms with Crippen LogP contribution in [0.5, 0.6) is 5.75 Å². The van der Waals surface area contributed by atoms with Crippen LogP contribution in [0.15, 0.2) is 72.3 Å². The van der Waals surface area contributed by atoms with Crippen molar-refractivity contribution in [2.75, 3.05) is 4.90 Å². The van der Waals surface area contributed by atoms with Gasteiger partial charge in [-0.15, -0.1) is 0 Å². The molecular weight excluding hydrogens is 479 g/mol. The highest BCUT2D eigenvalue weighted by molar-refractivity contribution is 7.80. The molecule has 0 aromatic heterocycles. The van der Waals surface area contributed by atoms with Crippen LogP contribution in [0.4, 0.5) is 5.69 Å². The van der Waals surface area contributed by atoms with Gasteiger partial charge in [0.1, 0.15) is 17.9 Å². The van der Waals surface area contributed by atoms with Crippen LogP contribution in [0.25, 0.3) is 6.08 Å². The number of halogens is 2. The van der Waals surface area contributed by atoms with Crippen LogP contribution in [-0.4, -0.2) is 16.9 Å². The molecule has 1 fully saturated rings. The molecule has 8 heteroatoms. The lowest BCUT2D eigenvalue weighted by atomic mass is 10.1. The lowest BCUT2D eigenvalue weighted by Crippen LogP contribution is -2.54. The fourth-order valence-corrected chi connectivity index (χ4v) is 4.05. The van der Waals surface area contributed by atoms with Crippen molar-refractivity contribution in [1.82, 2.24) is 5.32 Å². The van der Waals surface area contributed by atoms with E-state index in [0.29, 0.717) is 17.9 Å². The molecule has 4 rings (SSSR count). The summed E-state index contributed by atoms with van der Waals surface area (Å²) in [5.74, 6) is -0.679. The van der Waals surface area contributed by atoms with Gasteiger partial charge in [0.2, 0.25) is 0 Å². The molecule has 1 aliphatic heterocycles. The Hall–Kier alpha value is -3.19. The number of anilines is 1. The molecule has 3 aromatic carbocycles. The first-order valence-corrected chi connectivity index (χ1v) is 11.1. The van der Waals surface area contributed by atoms with Gasteiger partial charge in [-0.3, -0.25) is 19.8 Å². The zero-order valence-electron chi connectivity index (χ0n) is 17.5. The third-order valence-corrected chi connectivity index (χ3v) is 6.06. The lowest BCUT2D eigenvalue weighted by molar-refractivity contribution is -0.122. The second-order valence-electron chi connectivity index (χ2n) is 7.35. The van der Waals surface area contributed by atoms with Gasteiger partial charge < -0.3 is 4.74 Å². The molecule has 1 heterocycles. The second-order valence-corrected chi connectivity index (χ2v) is 8.52. The van der Waals surface area contributed by atoms with E-state index < -0.39 is 11.8 Å². The van der Waals surface area contributed by atoms with E-state index >= 15 is 0 Å². The molecule has 0 aliphatic carbocycles. The summed E-state index contributed by atoms with van der Waals surface area (Å²) < 4.78 is 5.99. The zero-order chi connectivity index (χ0) is 23.5. The van der Waals surface area contributed by atoms with Crippen molar-refractivity contribution in [2.24, 2.45) is 0 Å². The Bertz CT molecular complexity index is 1310. The minimum absolute atomic E-state index is 0.0738. The van der Waals surface area contributed by atoms with Crippen LogP contribution >= 0.6 is 35.4 Å². The third-order valence-electron chi connectivity index (χ3n) is 4.97. The summed E-state index contributed by atoms with van der Waals surface area (Å²) in [6.07, 6.45) is 1.48. The summed E-state index contributed by atoms with van der Waals surface area (Å²) in [7, 11) is 0. The Morgan fingerprint density at radius 2 is 1.79 bits per heavy atom. The smallest absolute Gasteiger partial charge is 0.270 e. The number of nitrogens with one attached hydrogen (secondary N) is 1. The largest absolute Gasteiger partial charge is 0.488 e. The van der Waals surface area contributed by atoms with Gasteiger partial charge in [-0.2, -0.15) is 0 Å². The molecule has 3 aromatic rings. The molecule has 166 valence electrons. The molecule has 0 saturated carbocycles. The van der Waals surface area contributed by atoms with Gasteiger partial charge in [0.25, 0.3) is 11.8 Å². The standard InChI is InChI=1S/C25H18Cl2N2O3S/c1-15-6-4-7-16(12-15)14-32-21-11-3-2-8-17(21)13-18-23(30)28-25(33)29(24(18)31)20-10-5-9-19(26)22(20)27/h2-13H,14H2,1H3,(H,28,30,33)/b18-13+. The molecule has 1 N–H and O–H groups in total. The average Bonchev–Trinajstić information content (AvgIpc) is 2.78. The fraction of sp³-hybridized carbons (Fsp3) is 0.0800. The summed E-state index contributed by atoms with van der Waals surface area (Å²) in [6, 6.07) is 20.0. The number of benzene rings is 3. The highest BCUT2D eigenvalue weighted by Crippen LogP contribution is 2.34. The van der Waals surface area contributed by atoms with E-state index in [-0.39, 0.29) is 26.4 Å². The average molecular weight is 497 g/mol. The molecule has 5 nitrogen and oxygen atoms in total. The Balaban J connectivity index is 1.67. The molecule has 0 atom stereocenters. The molecular formula is C25H18Cl2N2O3S. The first-order chi connectivity index (χ1) is 15.8. The maximum Gasteiger partial charge on any atom is 0.270 e. The summed E-state index contributed by atoms with van der Waals surface area (Å²) in [5.41, 5.74) is 2.90. The highest BCUT2D eigenvalue weighted by Gasteiger charge is 2.35. The van der Waals surface area contributed by atoms with Gasteiger partial charge in [-0.1, -0.05) is 77.3 Å². The Morgan fingerprint density at radius 1 is 1.03 bits per heavy atom. The number of para-hydroxylation sites is 1. The SMILES string of the molecule is Cc1cccc(COc2ccccc2/C=C2\C(=O)NC(=S)N(c3cccc(Cl)c3Cl)C2=O)c1. The van der Waals surface area contributed by atoms with E-state index in [4.69, 9.17) is 40.2 Å². The number of thiocarbonyl (C=S) groups is 1. The van der Waals surface area contributed by atoms with Gasteiger partial charge in [0, 0.05) is 5.56 Å². The van der Waals surface area contributed by atoms with Crippen LogP contribution in [0.3, 0.4) is 0 Å². The normalized spacial score (nSPS) is 15.1. The van der Waals surface area contributed by atoms with Crippen LogP contribution in [0.2, 0.25) is 10.0 Å². The number of ether oxygens (including phenoxy) is 1. The van der Waals surface area contributed by atoms with Gasteiger partial charge >= 0.3 is 0 Å². The summed E-state index contributed by atoms with van der Waals surface area (Å²) in [5, 5.41) is 2.90. The number of hydrogen-bond donors (Lipinski definition) is 1. The Kier molecular flexibility index (Phi) is 6.79. The number of rotatable bonds is 5. The van der Waals surface area contributed by atoms with Crippen molar-refractivity contribution >= 4 is 64.1 Å². The van der Waals surface area contributed by atoms with E-state index in [1.54, 1.807) is 36.4 Å². The van der Waals surface area contributed by atoms with E-state index in [1.807, 2.05) is 37.3 Å². The van der Waals surface area contributed by atoms with Crippen molar-refractivity contribution in [1.29, 1.82) is 0 Å². The minimum atomic E-state index is -0.610. The zero-order valence-corrected chi connectivity index (χ0v) is 19.8. The maximum absolute atomic E-state index is 13.3. The Morgan fingerprint density at radius 3 is 2.58 bits per heavy atom. The van der Waals surface area contributed by atoms with Crippen LogP contribution in [-0.2, 0) is 16.2 Å². The van der Waals surface area contributed by atoms with Crippen LogP contribution < -0.4 is 15.0 Å². The second kappa shape index (κ2) is 9.75. The molecule has 33 heavy (non-hydrogen) atoms. The first-order valence-electron chi connectivity index (χ1n) is 9.98. The minimum Gasteiger partial charge on any atom is -0.488 e. The van der Waals surface area contributed by atoms with Gasteiger partial charge in [-0.25, -0.2) is 0 Å². The van der Waals surface area contributed by atoms with Crippen molar-refractivity contribution in [3.8, 4) is 5.75 Å². The van der Waals surface area contributed by atoms with Gasteiger partial charge in [0.15, 0.2) is 5.11 Å². The van der Waals surface area contributed by atoms with Crippen LogP contribution in [0, 0.1) is 6.92 Å². The van der Waals surface area contributed by atoms with Crippen LogP contribution in [0.1, 0.15) is 16.7 Å². The summed E-state index contributed by atoms with van der Waals surface area (Å²) in [4.78, 5) is 27.1. The van der Waals surface area contributed by atoms with Crippen molar-refractivity contribution in [2.45, 2.75) is 13.5 Å². The predicted octanol–water partition coefficient (Wildman–Crippen LogP) is 5.71. The van der Waals surface area contributed by atoms with Crippen molar-refractivity contribution in [3.05, 3.63) is 99.0 Å². The quantitative estimate of drug-likeness (QED) is 0.279. The number of carbonyl (C=O) groups excluding carboxylic acids is 2. The molecule has 1 aliphatic rings. The van der Waals surface area contributed by atoms with E-state index in [9.17, 15) is 9.59 Å².